The van der Waals surface area contributed by atoms with Gasteiger partial charge in [0.1, 0.15) is 11.5 Å². The smallest absolute Gasteiger partial charge is 0.222 e. The number of amides is 1. The van der Waals surface area contributed by atoms with Crippen LogP contribution in [0.15, 0.2) is 60.9 Å². The second kappa shape index (κ2) is 8.97. The highest BCUT2D eigenvalue weighted by Crippen LogP contribution is 2.35. The molecule has 5 aromatic rings. The van der Waals surface area contributed by atoms with Crippen molar-refractivity contribution in [1.29, 1.82) is 0 Å². The third kappa shape index (κ3) is 3.74. The second-order valence-corrected chi connectivity index (χ2v) is 10.6. The Hall–Kier alpha value is -4.20. The molecule has 2 aliphatic rings. The number of aromatic nitrogens is 5. The molecular weight excluding hydrogens is 474 g/mol. The summed E-state index contributed by atoms with van der Waals surface area (Å²) in [6.45, 7) is 4.89. The fraction of sp³-hybridized carbons (Fsp3) is 0.333. The second-order valence-electron chi connectivity index (χ2n) is 10.6. The highest BCUT2D eigenvalue weighted by Gasteiger charge is 2.31. The zero-order chi connectivity index (χ0) is 25.8. The predicted molar refractivity (Wildman–Crippen MR) is 149 cm³/mol. The lowest BCUT2D eigenvalue weighted by atomic mass is 10.0. The molecule has 3 aromatic heterocycles. The highest BCUT2D eigenvalue weighted by atomic mass is 16.2. The van der Waals surface area contributed by atoms with Gasteiger partial charge in [-0.25, -0.2) is 9.67 Å². The van der Waals surface area contributed by atoms with Gasteiger partial charge in [0.15, 0.2) is 0 Å². The number of likely N-dealkylation sites (tertiary alicyclic amines) is 1. The number of para-hydroxylation sites is 1. The molecule has 0 radical (unpaired) electrons. The van der Waals surface area contributed by atoms with Crippen molar-refractivity contribution < 1.29 is 4.79 Å². The Balaban J connectivity index is 1.21. The average molecular weight is 506 g/mol. The van der Waals surface area contributed by atoms with Crippen LogP contribution >= 0.6 is 0 Å². The van der Waals surface area contributed by atoms with Gasteiger partial charge in [-0.15, -0.1) is 0 Å². The van der Waals surface area contributed by atoms with Gasteiger partial charge in [0.25, 0.3) is 0 Å². The lowest BCUT2D eigenvalue weighted by Gasteiger charge is -2.37. The van der Waals surface area contributed by atoms with E-state index in [2.05, 4.69) is 64.4 Å². The summed E-state index contributed by atoms with van der Waals surface area (Å²) in [5.41, 5.74) is 6.19. The summed E-state index contributed by atoms with van der Waals surface area (Å²) in [4.78, 5) is 21.5. The highest BCUT2D eigenvalue weighted by molar-refractivity contribution is 6.03. The topological polar surface area (TPSA) is 72.1 Å². The maximum Gasteiger partial charge on any atom is 0.222 e. The van der Waals surface area contributed by atoms with Crippen molar-refractivity contribution in [2.24, 2.45) is 7.05 Å². The maximum absolute atomic E-state index is 12.2. The molecule has 0 bridgehead atoms. The first-order chi connectivity index (χ1) is 18.6. The maximum atomic E-state index is 12.2. The number of hydrogen-bond donors (Lipinski definition) is 0. The molecule has 0 spiro atoms. The van der Waals surface area contributed by atoms with Gasteiger partial charge >= 0.3 is 0 Å². The summed E-state index contributed by atoms with van der Waals surface area (Å²) < 4.78 is 3.88. The lowest BCUT2D eigenvalue weighted by Crippen LogP contribution is -2.45. The summed E-state index contributed by atoms with van der Waals surface area (Å²) in [6, 6.07) is 17.2. The van der Waals surface area contributed by atoms with Crippen LogP contribution in [-0.4, -0.2) is 61.0 Å². The first-order valence-corrected chi connectivity index (χ1v) is 13.5. The van der Waals surface area contributed by atoms with Crippen LogP contribution in [0.4, 0.5) is 5.82 Å². The molecule has 7 rings (SSSR count). The SMILES string of the molecule is Cc1cccc2c(-c3cccc4nn(C)cc34)nn(-c3ccc(N4CCC(N5CCCC5=O)CC4)nc3)c12. The van der Waals surface area contributed by atoms with Crippen LogP contribution in [0.5, 0.6) is 0 Å². The number of pyridine rings is 1. The molecular formula is C30H31N7O. The standard InChI is InChI=1S/C30H31N7O/c1-20-6-3-8-24-29(23-7-4-9-26-25(23)19-34(2)32-26)33-37(30(20)24)22-11-12-27(31-18-22)35-16-13-21(14-17-35)36-15-5-10-28(36)38/h3-4,6-9,11-12,18-19,21H,5,10,13-17H2,1-2H3. The monoisotopic (exact) mass is 505 g/mol. The van der Waals surface area contributed by atoms with Crippen molar-refractivity contribution >= 4 is 33.5 Å². The van der Waals surface area contributed by atoms with Crippen molar-refractivity contribution in [3.63, 3.8) is 0 Å². The molecule has 8 nitrogen and oxygen atoms in total. The van der Waals surface area contributed by atoms with E-state index in [4.69, 9.17) is 10.1 Å². The van der Waals surface area contributed by atoms with Gasteiger partial charge in [-0.2, -0.15) is 10.2 Å². The number of anilines is 1. The molecule has 8 heteroatoms. The minimum Gasteiger partial charge on any atom is -0.356 e. The Morgan fingerprint density at radius 2 is 1.76 bits per heavy atom. The van der Waals surface area contributed by atoms with E-state index in [1.807, 2.05) is 34.7 Å². The number of piperidine rings is 1. The average Bonchev–Trinajstić information content (AvgIpc) is 3.65. The van der Waals surface area contributed by atoms with Crippen LogP contribution in [0.1, 0.15) is 31.2 Å². The van der Waals surface area contributed by atoms with Crippen molar-refractivity contribution in [3.05, 3.63) is 66.5 Å². The molecule has 38 heavy (non-hydrogen) atoms. The van der Waals surface area contributed by atoms with E-state index in [0.29, 0.717) is 18.4 Å². The van der Waals surface area contributed by atoms with E-state index in [9.17, 15) is 4.79 Å². The van der Waals surface area contributed by atoms with Crippen molar-refractivity contribution in [1.82, 2.24) is 29.4 Å². The number of fused-ring (bicyclic) bond motifs is 2. The molecule has 2 saturated heterocycles. The van der Waals surface area contributed by atoms with Gasteiger partial charge in [-0.3, -0.25) is 9.48 Å². The zero-order valence-corrected chi connectivity index (χ0v) is 21.8. The molecule has 1 amide bonds. The number of carbonyl (C=O) groups is 1. The fourth-order valence-electron chi connectivity index (χ4n) is 6.24. The Labute approximate surface area is 221 Å². The Morgan fingerprint density at radius 3 is 2.53 bits per heavy atom. The third-order valence-electron chi connectivity index (χ3n) is 8.14. The van der Waals surface area contributed by atoms with E-state index >= 15 is 0 Å². The van der Waals surface area contributed by atoms with Crippen LogP contribution in [0, 0.1) is 6.92 Å². The normalized spacial score (nSPS) is 16.8. The number of benzene rings is 2. The third-order valence-corrected chi connectivity index (χ3v) is 8.14. The molecule has 0 unspecified atom stereocenters. The Morgan fingerprint density at radius 1 is 0.921 bits per heavy atom. The Bertz CT molecular complexity index is 1660. The van der Waals surface area contributed by atoms with Crippen molar-refractivity contribution in [2.45, 2.75) is 38.6 Å². The molecule has 0 aliphatic carbocycles. The van der Waals surface area contributed by atoms with Gasteiger partial charge in [0, 0.05) is 61.7 Å². The summed E-state index contributed by atoms with van der Waals surface area (Å²) in [6.07, 6.45) is 7.71. The van der Waals surface area contributed by atoms with Gasteiger partial charge in [-0.1, -0.05) is 30.3 Å². The number of rotatable bonds is 4. The number of hydrogen-bond acceptors (Lipinski definition) is 5. The van der Waals surface area contributed by atoms with Crippen LogP contribution in [0.3, 0.4) is 0 Å². The van der Waals surface area contributed by atoms with E-state index in [1.165, 1.54) is 5.56 Å². The molecule has 0 saturated carbocycles. The molecule has 0 N–H and O–H groups in total. The lowest BCUT2D eigenvalue weighted by molar-refractivity contribution is -0.130. The van der Waals surface area contributed by atoms with Gasteiger partial charge < -0.3 is 9.80 Å². The number of nitrogens with zero attached hydrogens (tertiary/aromatic N) is 7. The van der Waals surface area contributed by atoms with Crippen LogP contribution in [-0.2, 0) is 11.8 Å². The summed E-state index contributed by atoms with van der Waals surface area (Å²) in [7, 11) is 1.95. The summed E-state index contributed by atoms with van der Waals surface area (Å²) in [5.74, 6) is 1.31. The molecule has 2 aromatic carbocycles. The van der Waals surface area contributed by atoms with E-state index in [1.54, 1.807) is 0 Å². The van der Waals surface area contributed by atoms with E-state index in [0.717, 1.165) is 83.5 Å². The summed E-state index contributed by atoms with van der Waals surface area (Å²) in [5, 5.41) is 11.9. The fourth-order valence-corrected chi connectivity index (χ4v) is 6.24. The zero-order valence-electron chi connectivity index (χ0n) is 21.8. The molecule has 2 fully saturated rings. The number of aryl methyl sites for hydroxylation is 2. The van der Waals surface area contributed by atoms with Crippen LogP contribution in [0.25, 0.3) is 38.8 Å². The van der Waals surface area contributed by atoms with Gasteiger partial charge in [-0.05, 0) is 49.9 Å². The Kier molecular flexibility index (Phi) is 5.42. The van der Waals surface area contributed by atoms with Crippen LogP contribution < -0.4 is 4.90 Å². The van der Waals surface area contributed by atoms with E-state index < -0.39 is 0 Å². The minimum absolute atomic E-state index is 0.326. The van der Waals surface area contributed by atoms with E-state index in [-0.39, 0.29) is 0 Å². The van der Waals surface area contributed by atoms with Crippen molar-refractivity contribution in [2.75, 3.05) is 24.5 Å². The quantitative estimate of drug-likeness (QED) is 0.348. The molecule has 0 atom stereocenters. The predicted octanol–water partition coefficient (Wildman–Crippen LogP) is 4.87. The first kappa shape index (κ1) is 23.0. The first-order valence-electron chi connectivity index (χ1n) is 13.5. The van der Waals surface area contributed by atoms with Crippen LogP contribution in [0.2, 0.25) is 0 Å². The van der Waals surface area contributed by atoms with Crippen molar-refractivity contribution in [3.8, 4) is 16.9 Å². The molecule has 2 aliphatic heterocycles. The minimum atomic E-state index is 0.326. The largest absolute Gasteiger partial charge is 0.356 e. The number of carbonyl (C=O) groups excluding carboxylic acids is 1. The van der Waals surface area contributed by atoms with Gasteiger partial charge in [0.05, 0.1) is 22.9 Å². The van der Waals surface area contributed by atoms with Gasteiger partial charge in [0.2, 0.25) is 5.91 Å². The molecule has 192 valence electrons. The molecule has 5 heterocycles. The summed E-state index contributed by atoms with van der Waals surface area (Å²) >= 11 is 0.